The second kappa shape index (κ2) is 4.39. The Bertz CT molecular complexity index is 474. The van der Waals surface area contributed by atoms with Crippen LogP contribution in [0.2, 0.25) is 0 Å². The molecule has 2 rings (SSSR count). The highest BCUT2D eigenvalue weighted by Gasteiger charge is 2.08. The Balaban J connectivity index is 2.40. The maximum atomic E-state index is 5.76. The Kier molecular flexibility index (Phi) is 2.95. The van der Waals surface area contributed by atoms with Crippen LogP contribution in [0, 0.1) is 6.92 Å². The highest BCUT2D eigenvalue weighted by Crippen LogP contribution is 2.28. The van der Waals surface area contributed by atoms with Gasteiger partial charge in [0.15, 0.2) is 0 Å². The van der Waals surface area contributed by atoms with Gasteiger partial charge in [-0.3, -0.25) is 0 Å². The molecule has 1 aromatic carbocycles. The quantitative estimate of drug-likeness (QED) is 0.855. The molecule has 0 atom stereocenters. The van der Waals surface area contributed by atoms with Crippen molar-refractivity contribution in [3.8, 4) is 17.0 Å². The molecule has 0 fully saturated rings. The van der Waals surface area contributed by atoms with E-state index in [-0.39, 0.29) is 6.10 Å². The Labute approximate surface area is 95.5 Å². The first-order valence-corrected chi connectivity index (χ1v) is 5.44. The van der Waals surface area contributed by atoms with E-state index in [0.717, 1.165) is 22.8 Å². The Morgan fingerprint density at radius 2 is 2.00 bits per heavy atom. The number of nitrogens with one attached hydrogen (secondary N) is 1. The monoisotopic (exact) mass is 216 g/mol. The van der Waals surface area contributed by atoms with E-state index in [1.165, 1.54) is 0 Å². The highest BCUT2D eigenvalue weighted by atomic mass is 16.5. The summed E-state index contributed by atoms with van der Waals surface area (Å²) in [5.41, 5.74) is 2.05. The van der Waals surface area contributed by atoms with Crippen LogP contribution in [0.5, 0.6) is 5.75 Å². The highest BCUT2D eigenvalue weighted by molar-refractivity contribution is 5.66. The van der Waals surface area contributed by atoms with Crippen molar-refractivity contribution >= 4 is 0 Å². The van der Waals surface area contributed by atoms with Gasteiger partial charge in [0.25, 0.3) is 0 Å². The molecule has 0 aliphatic rings. The molecule has 2 aromatic rings. The summed E-state index contributed by atoms with van der Waals surface area (Å²) < 4.78 is 5.76. The predicted molar refractivity (Wildman–Crippen MR) is 64.5 cm³/mol. The lowest BCUT2D eigenvalue weighted by molar-refractivity contribution is 0.243. The number of benzene rings is 1. The fourth-order valence-electron chi connectivity index (χ4n) is 1.60. The summed E-state index contributed by atoms with van der Waals surface area (Å²) in [5.74, 6) is 1.80. The first-order valence-electron chi connectivity index (χ1n) is 5.44. The van der Waals surface area contributed by atoms with Gasteiger partial charge in [-0.15, -0.1) is 0 Å². The van der Waals surface area contributed by atoms with E-state index < -0.39 is 0 Å². The summed E-state index contributed by atoms with van der Waals surface area (Å²) in [4.78, 5) is 7.42. The number of aryl methyl sites for hydroxylation is 1. The zero-order valence-corrected chi connectivity index (χ0v) is 9.82. The number of aromatic nitrogens is 2. The number of para-hydroxylation sites is 1. The van der Waals surface area contributed by atoms with E-state index >= 15 is 0 Å². The van der Waals surface area contributed by atoms with Crippen molar-refractivity contribution in [2.45, 2.75) is 26.9 Å². The van der Waals surface area contributed by atoms with Gasteiger partial charge in [-0.05, 0) is 32.9 Å². The van der Waals surface area contributed by atoms with Gasteiger partial charge >= 0.3 is 0 Å². The molecule has 0 unspecified atom stereocenters. The van der Waals surface area contributed by atoms with Gasteiger partial charge in [-0.1, -0.05) is 12.1 Å². The van der Waals surface area contributed by atoms with Crippen molar-refractivity contribution in [3.63, 3.8) is 0 Å². The number of rotatable bonds is 3. The molecule has 1 heterocycles. The fraction of sp³-hybridized carbons (Fsp3) is 0.308. The van der Waals surface area contributed by atoms with Crippen molar-refractivity contribution in [2.24, 2.45) is 0 Å². The molecule has 0 saturated carbocycles. The van der Waals surface area contributed by atoms with Gasteiger partial charge in [-0.25, -0.2) is 4.98 Å². The Morgan fingerprint density at radius 3 is 2.62 bits per heavy atom. The predicted octanol–water partition coefficient (Wildman–Crippen LogP) is 3.17. The number of hydrogen-bond donors (Lipinski definition) is 1. The molecule has 0 radical (unpaired) electrons. The number of hydrogen-bond acceptors (Lipinski definition) is 2. The van der Waals surface area contributed by atoms with Gasteiger partial charge < -0.3 is 9.72 Å². The van der Waals surface area contributed by atoms with E-state index in [0.29, 0.717) is 0 Å². The molecule has 0 amide bonds. The molecule has 0 aliphatic carbocycles. The summed E-state index contributed by atoms with van der Waals surface area (Å²) in [6.45, 7) is 5.99. The Hall–Kier alpha value is -1.77. The van der Waals surface area contributed by atoms with Crippen molar-refractivity contribution in [1.82, 2.24) is 9.97 Å². The van der Waals surface area contributed by atoms with Gasteiger partial charge in [0.05, 0.1) is 18.0 Å². The van der Waals surface area contributed by atoms with Crippen molar-refractivity contribution in [3.05, 3.63) is 36.3 Å². The van der Waals surface area contributed by atoms with E-state index in [1.54, 1.807) is 0 Å². The molecule has 0 spiro atoms. The molecular formula is C13H16N2O. The minimum atomic E-state index is 0.171. The molecule has 84 valence electrons. The van der Waals surface area contributed by atoms with Crippen LogP contribution < -0.4 is 4.74 Å². The van der Waals surface area contributed by atoms with Crippen LogP contribution in [0.3, 0.4) is 0 Å². The molecule has 1 N–H and O–H groups in total. The SMILES string of the molecule is Cc1ncc(-c2ccccc2OC(C)C)[nH]1. The average molecular weight is 216 g/mol. The fourth-order valence-corrected chi connectivity index (χ4v) is 1.60. The summed E-state index contributed by atoms with van der Waals surface area (Å²) in [6, 6.07) is 7.99. The lowest BCUT2D eigenvalue weighted by atomic mass is 10.1. The average Bonchev–Trinajstić information content (AvgIpc) is 2.65. The molecule has 3 heteroatoms. The van der Waals surface area contributed by atoms with Crippen LogP contribution in [-0.2, 0) is 0 Å². The van der Waals surface area contributed by atoms with Gasteiger partial charge in [0.1, 0.15) is 11.6 Å². The first kappa shape index (κ1) is 10.7. The summed E-state index contributed by atoms with van der Waals surface area (Å²) in [6.07, 6.45) is 2.00. The van der Waals surface area contributed by atoms with Crippen molar-refractivity contribution in [2.75, 3.05) is 0 Å². The van der Waals surface area contributed by atoms with Crippen LogP contribution in [-0.4, -0.2) is 16.1 Å². The smallest absolute Gasteiger partial charge is 0.129 e. The van der Waals surface area contributed by atoms with E-state index in [4.69, 9.17) is 4.74 Å². The Morgan fingerprint density at radius 1 is 1.25 bits per heavy atom. The van der Waals surface area contributed by atoms with Crippen molar-refractivity contribution < 1.29 is 4.74 Å². The van der Waals surface area contributed by atoms with Gasteiger partial charge in [0.2, 0.25) is 0 Å². The van der Waals surface area contributed by atoms with Crippen LogP contribution in [0.15, 0.2) is 30.5 Å². The summed E-state index contributed by atoms with van der Waals surface area (Å²) in [5, 5.41) is 0. The summed E-state index contributed by atoms with van der Waals surface area (Å²) in [7, 11) is 0. The lowest BCUT2D eigenvalue weighted by Gasteiger charge is -2.12. The largest absolute Gasteiger partial charge is 0.490 e. The van der Waals surface area contributed by atoms with Crippen LogP contribution in [0.4, 0.5) is 0 Å². The molecule has 3 nitrogen and oxygen atoms in total. The third-order valence-electron chi connectivity index (χ3n) is 2.24. The number of imidazole rings is 1. The van der Waals surface area contributed by atoms with Crippen molar-refractivity contribution in [1.29, 1.82) is 0 Å². The third-order valence-corrected chi connectivity index (χ3v) is 2.24. The third kappa shape index (κ3) is 2.24. The number of H-pyrrole nitrogens is 1. The standard InChI is InChI=1S/C13H16N2O/c1-9(2)16-13-7-5-4-6-11(13)12-8-14-10(3)15-12/h4-9H,1-3H3,(H,14,15). The van der Waals surface area contributed by atoms with Gasteiger partial charge in [-0.2, -0.15) is 0 Å². The van der Waals surface area contributed by atoms with Gasteiger partial charge in [0, 0.05) is 5.56 Å². The number of ether oxygens (including phenoxy) is 1. The minimum absolute atomic E-state index is 0.171. The minimum Gasteiger partial charge on any atom is -0.490 e. The molecule has 16 heavy (non-hydrogen) atoms. The van der Waals surface area contributed by atoms with E-state index in [2.05, 4.69) is 9.97 Å². The molecule has 0 saturated heterocycles. The normalized spacial score (nSPS) is 10.8. The summed E-state index contributed by atoms with van der Waals surface area (Å²) >= 11 is 0. The lowest BCUT2D eigenvalue weighted by Crippen LogP contribution is -2.06. The van der Waals surface area contributed by atoms with Crippen LogP contribution in [0.25, 0.3) is 11.3 Å². The first-order chi connectivity index (χ1) is 7.66. The molecule has 1 aromatic heterocycles. The molecule has 0 bridgehead atoms. The second-order valence-electron chi connectivity index (χ2n) is 4.05. The zero-order valence-electron chi connectivity index (χ0n) is 9.82. The molecular weight excluding hydrogens is 200 g/mol. The second-order valence-corrected chi connectivity index (χ2v) is 4.05. The maximum Gasteiger partial charge on any atom is 0.129 e. The van der Waals surface area contributed by atoms with Crippen LogP contribution in [0.1, 0.15) is 19.7 Å². The zero-order chi connectivity index (χ0) is 11.5. The number of nitrogens with zero attached hydrogens (tertiary/aromatic N) is 1. The topological polar surface area (TPSA) is 37.9 Å². The maximum absolute atomic E-state index is 5.76. The van der Waals surface area contributed by atoms with E-state index in [9.17, 15) is 0 Å². The number of aromatic amines is 1. The molecule has 0 aliphatic heterocycles. The van der Waals surface area contributed by atoms with E-state index in [1.807, 2.05) is 51.2 Å². The van der Waals surface area contributed by atoms with Crippen LogP contribution >= 0.6 is 0 Å².